The Morgan fingerprint density at radius 3 is 2.36 bits per heavy atom. The number of nitrogens with zero attached hydrogens (tertiary/aromatic N) is 3. The lowest BCUT2D eigenvalue weighted by atomic mass is 9.83. The summed E-state index contributed by atoms with van der Waals surface area (Å²) in [6.45, 7) is 1.53. The normalized spacial score (nSPS) is 19.4. The predicted octanol–water partition coefficient (Wildman–Crippen LogP) is 4.70. The molecule has 6 rings (SSSR count). The Balaban J connectivity index is 1.40. The molecule has 2 unspecified atom stereocenters. The summed E-state index contributed by atoms with van der Waals surface area (Å²) in [5.74, 6) is -3.69. The number of nitro benzene ring substituents is 1. The monoisotopic (exact) mass is 604 g/mol. The Labute approximate surface area is 245 Å². The number of nitrogens with one attached hydrogen (secondary N) is 1. The molecule has 3 heterocycles. The lowest BCUT2D eigenvalue weighted by molar-refractivity contribution is -0.384. The fourth-order valence-corrected chi connectivity index (χ4v) is 8.08. The number of benzene rings is 3. The second-order valence-electron chi connectivity index (χ2n) is 9.87. The van der Waals surface area contributed by atoms with E-state index in [0.717, 1.165) is 33.6 Å². The molecule has 0 saturated carbocycles. The molecule has 3 amide bonds. The number of aromatic nitrogens is 1. The van der Waals surface area contributed by atoms with Gasteiger partial charge in [0.2, 0.25) is 17.7 Å². The van der Waals surface area contributed by atoms with Gasteiger partial charge in [-0.05, 0) is 48.4 Å². The topological polar surface area (TPSA) is 132 Å². The number of hydrogen-bond acceptors (Lipinski definition) is 8. The molecule has 1 N–H and O–H groups in total. The van der Waals surface area contributed by atoms with Crippen molar-refractivity contribution in [2.45, 2.75) is 29.7 Å². The number of fused-ring (bicyclic) bond motifs is 2. The van der Waals surface area contributed by atoms with Crippen LogP contribution < -0.4 is 15.1 Å². The Bertz CT molecular complexity index is 1820. The second kappa shape index (κ2) is 10.7. The highest BCUT2D eigenvalue weighted by Crippen LogP contribution is 2.53. The molecule has 2 aliphatic rings. The summed E-state index contributed by atoms with van der Waals surface area (Å²) in [7, 11) is 0. The zero-order valence-electron chi connectivity index (χ0n) is 21.9. The molecule has 3 aromatic carbocycles. The van der Waals surface area contributed by atoms with Crippen LogP contribution in [0.3, 0.4) is 0 Å². The number of aryl methyl sites for hydroxylation is 1. The first-order chi connectivity index (χ1) is 20.1. The van der Waals surface area contributed by atoms with E-state index in [2.05, 4.69) is 5.32 Å². The van der Waals surface area contributed by atoms with E-state index >= 15 is 0 Å². The van der Waals surface area contributed by atoms with Crippen LogP contribution in [0.1, 0.15) is 21.9 Å². The van der Waals surface area contributed by atoms with E-state index in [0.29, 0.717) is 21.2 Å². The van der Waals surface area contributed by atoms with Gasteiger partial charge in [0.25, 0.3) is 5.69 Å². The maximum atomic E-state index is 13.9. The first-order valence-corrected chi connectivity index (χ1v) is 14.5. The molecule has 0 radical (unpaired) electrons. The number of para-hydroxylation sites is 1. The van der Waals surface area contributed by atoms with Crippen molar-refractivity contribution in [2.75, 3.05) is 10.2 Å². The number of hydrogen-bond donors (Lipinski definition) is 1. The van der Waals surface area contributed by atoms with Crippen LogP contribution in [0.2, 0.25) is 0 Å². The van der Waals surface area contributed by atoms with Gasteiger partial charge in [-0.1, -0.05) is 53.4 Å². The van der Waals surface area contributed by atoms with Crippen LogP contribution in [0.15, 0.2) is 82.6 Å². The van der Waals surface area contributed by atoms with Crippen LogP contribution >= 0.6 is 23.1 Å². The van der Waals surface area contributed by atoms with Crippen LogP contribution in [-0.2, 0) is 20.9 Å². The largest absolute Gasteiger partial charge is 0.324 e. The number of anilines is 2. The Hall–Kier alpha value is -4.62. The molecule has 13 heteroatoms. The summed E-state index contributed by atoms with van der Waals surface area (Å²) < 4.78 is 15.2. The number of carbonyl (C=O) groups is 3. The Morgan fingerprint density at radius 2 is 1.69 bits per heavy atom. The summed E-state index contributed by atoms with van der Waals surface area (Å²) in [5, 5.41) is 13.4. The van der Waals surface area contributed by atoms with Crippen LogP contribution in [0.5, 0.6) is 0 Å². The number of thioether (sulfide) groups is 1. The average Bonchev–Trinajstić information content (AvgIpc) is 3.41. The number of carbonyl (C=O) groups excluding carboxylic acids is 3. The SMILES string of the molecule is Cc1ccccc1NC(=O)Cn1c2c(sc1=O)[C@H](c1ccc(F)cc1)C1C(=O)N(c3ccc([N+](=O)[O-])cc3)C(=O)C1S2. The quantitative estimate of drug-likeness (QED) is 0.192. The van der Waals surface area contributed by atoms with Gasteiger partial charge in [0.1, 0.15) is 17.6 Å². The summed E-state index contributed by atoms with van der Waals surface area (Å²) in [4.78, 5) is 65.5. The highest BCUT2D eigenvalue weighted by atomic mass is 32.2. The lowest BCUT2D eigenvalue weighted by Gasteiger charge is -2.30. The van der Waals surface area contributed by atoms with Crippen molar-refractivity contribution in [3.8, 4) is 0 Å². The minimum atomic E-state index is -0.949. The van der Waals surface area contributed by atoms with E-state index in [-0.39, 0.29) is 17.9 Å². The standard InChI is InChI=1S/C29H21FN4O6S2/c1-15-4-2-3-5-20(15)31-21(35)14-32-28-25(42-29(32)38)22(16-6-8-17(30)9-7-16)23-24(41-28)27(37)33(26(23)36)18-10-12-19(13-11-18)34(39)40/h2-13,22-24H,14H2,1H3,(H,31,35)/t22-,23?,24?/m1/s1. The van der Waals surface area contributed by atoms with Gasteiger partial charge in [0.15, 0.2) is 0 Å². The third kappa shape index (κ3) is 4.69. The van der Waals surface area contributed by atoms with Gasteiger partial charge < -0.3 is 5.32 Å². The maximum Gasteiger partial charge on any atom is 0.308 e. The minimum absolute atomic E-state index is 0.182. The number of non-ortho nitro benzene ring substituents is 1. The Morgan fingerprint density at radius 1 is 1.00 bits per heavy atom. The first-order valence-electron chi connectivity index (χ1n) is 12.8. The van der Waals surface area contributed by atoms with Crippen LogP contribution in [0, 0.1) is 28.8 Å². The van der Waals surface area contributed by atoms with E-state index in [4.69, 9.17) is 0 Å². The van der Waals surface area contributed by atoms with Crippen molar-refractivity contribution in [1.82, 2.24) is 4.57 Å². The van der Waals surface area contributed by atoms with Gasteiger partial charge in [-0.3, -0.25) is 33.9 Å². The van der Waals surface area contributed by atoms with E-state index < -0.39 is 50.4 Å². The second-order valence-corrected chi connectivity index (χ2v) is 12.0. The van der Waals surface area contributed by atoms with Gasteiger partial charge in [-0.2, -0.15) is 0 Å². The van der Waals surface area contributed by atoms with Gasteiger partial charge in [0, 0.05) is 28.6 Å². The number of halogens is 1. The first kappa shape index (κ1) is 27.5. The maximum absolute atomic E-state index is 13.9. The van der Waals surface area contributed by atoms with Crippen molar-refractivity contribution in [3.05, 3.63) is 114 Å². The number of nitro groups is 1. The molecule has 1 aromatic heterocycles. The van der Waals surface area contributed by atoms with E-state index in [9.17, 15) is 33.7 Å². The van der Waals surface area contributed by atoms with Crippen molar-refractivity contribution in [1.29, 1.82) is 0 Å². The molecule has 10 nitrogen and oxygen atoms in total. The average molecular weight is 605 g/mol. The van der Waals surface area contributed by atoms with Crippen LogP contribution in [0.25, 0.3) is 0 Å². The zero-order chi connectivity index (χ0) is 29.7. The Kier molecular flexibility index (Phi) is 6.99. The minimum Gasteiger partial charge on any atom is -0.324 e. The number of thiazole rings is 1. The van der Waals surface area contributed by atoms with E-state index in [1.807, 2.05) is 19.1 Å². The van der Waals surface area contributed by atoms with Crippen LogP contribution in [-0.4, -0.2) is 32.5 Å². The molecule has 2 aliphatic heterocycles. The molecular weight excluding hydrogens is 583 g/mol. The molecular formula is C29H21FN4O6S2. The molecule has 3 atom stereocenters. The number of rotatable bonds is 6. The molecule has 4 aromatic rings. The molecule has 1 saturated heterocycles. The van der Waals surface area contributed by atoms with E-state index in [1.54, 1.807) is 12.1 Å². The van der Waals surface area contributed by atoms with Crippen molar-refractivity contribution in [2.24, 2.45) is 5.92 Å². The highest BCUT2D eigenvalue weighted by molar-refractivity contribution is 8.00. The summed E-state index contributed by atoms with van der Waals surface area (Å²) in [6.07, 6.45) is 0. The van der Waals surface area contributed by atoms with Gasteiger partial charge in [0.05, 0.1) is 21.6 Å². The fourth-order valence-electron chi connectivity index (χ4n) is 5.31. The van der Waals surface area contributed by atoms with Gasteiger partial charge in [-0.25, -0.2) is 9.29 Å². The summed E-state index contributed by atoms with van der Waals surface area (Å²) in [6, 6.07) is 17.8. The predicted molar refractivity (Wildman–Crippen MR) is 155 cm³/mol. The molecule has 0 spiro atoms. The van der Waals surface area contributed by atoms with Crippen LogP contribution in [0.4, 0.5) is 21.5 Å². The van der Waals surface area contributed by atoms with Crippen molar-refractivity contribution >= 4 is 57.9 Å². The summed E-state index contributed by atoms with van der Waals surface area (Å²) >= 11 is 1.93. The molecule has 42 heavy (non-hydrogen) atoms. The third-order valence-electron chi connectivity index (χ3n) is 7.32. The number of amides is 3. The number of imide groups is 1. The van der Waals surface area contributed by atoms with Gasteiger partial charge >= 0.3 is 4.87 Å². The molecule has 0 aliphatic carbocycles. The molecule has 0 bridgehead atoms. The highest BCUT2D eigenvalue weighted by Gasteiger charge is 2.56. The summed E-state index contributed by atoms with van der Waals surface area (Å²) in [5.41, 5.74) is 1.98. The molecule has 1 fully saturated rings. The van der Waals surface area contributed by atoms with Gasteiger partial charge in [-0.15, -0.1) is 0 Å². The third-order valence-corrected chi connectivity index (χ3v) is 9.92. The van der Waals surface area contributed by atoms with Crippen molar-refractivity contribution in [3.63, 3.8) is 0 Å². The van der Waals surface area contributed by atoms with E-state index in [1.165, 1.54) is 53.1 Å². The zero-order valence-corrected chi connectivity index (χ0v) is 23.5. The fraction of sp³-hybridized carbons (Fsp3) is 0.172. The molecule has 212 valence electrons. The lowest BCUT2D eigenvalue weighted by Crippen LogP contribution is -2.33. The van der Waals surface area contributed by atoms with Crippen molar-refractivity contribution < 1.29 is 23.7 Å². The smallest absolute Gasteiger partial charge is 0.308 e.